The Morgan fingerprint density at radius 3 is 2.41 bits per heavy atom. The Morgan fingerprint density at radius 1 is 1.22 bits per heavy atom. The van der Waals surface area contributed by atoms with Crippen molar-refractivity contribution in [3.8, 4) is 5.75 Å². The van der Waals surface area contributed by atoms with E-state index in [0.29, 0.717) is 44.0 Å². The molecule has 0 unspecified atom stereocenters. The molecule has 8 heteroatoms. The second-order valence-electron chi connectivity index (χ2n) is 7.33. The number of nitrogens with zero attached hydrogens (tertiary/aromatic N) is 1. The first-order valence-corrected chi connectivity index (χ1v) is 10.7. The van der Waals surface area contributed by atoms with Crippen LogP contribution in [0.1, 0.15) is 31.4 Å². The first-order chi connectivity index (χ1) is 12.7. The van der Waals surface area contributed by atoms with Crippen LogP contribution in [0.5, 0.6) is 5.75 Å². The summed E-state index contributed by atoms with van der Waals surface area (Å²) in [7, 11) is -2.30. The molecule has 1 aliphatic heterocycles. The summed E-state index contributed by atoms with van der Waals surface area (Å²) in [6, 6.07) is 2.49. The van der Waals surface area contributed by atoms with Crippen LogP contribution in [0.4, 0.5) is 0 Å². The minimum absolute atomic E-state index is 0.168. The molecule has 7 nitrogen and oxygen atoms in total. The second kappa shape index (κ2) is 9.03. The van der Waals surface area contributed by atoms with Crippen LogP contribution in [-0.2, 0) is 19.6 Å². The Labute approximate surface area is 162 Å². The maximum atomic E-state index is 13.0. The van der Waals surface area contributed by atoms with Crippen LogP contribution in [-0.4, -0.2) is 58.7 Å². The highest BCUT2D eigenvalue weighted by Gasteiger charge is 2.31. The fraction of sp³-hybridized carbons (Fsp3) is 0.632. The highest BCUT2D eigenvalue weighted by molar-refractivity contribution is 7.89. The Bertz CT molecular complexity index is 771. The van der Waals surface area contributed by atoms with Gasteiger partial charge < -0.3 is 14.4 Å². The molecule has 0 spiro atoms. The first-order valence-electron chi connectivity index (χ1n) is 9.19. The maximum absolute atomic E-state index is 13.0. The second-order valence-corrected chi connectivity index (χ2v) is 9.01. The smallest absolute Gasteiger partial charge is 0.241 e. The Balaban J connectivity index is 2.29. The van der Waals surface area contributed by atoms with Gasteiger partial charge in [-0.05, 0) is 49.4 Å². The summed E-state index contributed by atoms with van der Waals surface area (Å²) in [5, 5.41) is 0. The molecule has 152 valence electrons. The lowest BCUT2D eigenvalue weighted by molar-refractivity contribution is -0.137. The molecule has 1 aromatic carbocycles. The van der Waals surface area contributed by atoms with Crippen molar-refractivity contribution >= 4 is 15.9 Å². The number of carbonyl (C=O) groups excluding carboxylic acids is 1. The van der Waals surface area contributed by atoms with Crippen molar-refractivity contribution in [2.45, 2.75) is 45.1 Å². The van der Waals surface area contributed by atoms with Crippen molar-refractivity contribution in [3.63, 3.8) is 0 Å². The molecule has 1 saturated heterocycles. The van der Waals surface area contributed by atoms with Gasteiger partial charge in [0.05, 0.1) is 25.2 Å². The van der Waals surface area contributed by atoms with Gasteiger partial charge in [-0.15, -0.1) is 0 Å². The van der Waals surface area contributed by atoms with Crippen molar-refractivity contribution in [3.05, 3.63) is 23.3 Å². The number of rotatable bonds is 7. The van der Waals surface area contributed by atoms with Gasteiger partial charge in [0.1, 0.15) is 11.8 Å². The number of methoxy groups -OCH3 is 1. The minimum atomic E-state index is -3.85. The van der Waals surface area contributed by atoms with Gasteiger partial charge >= 0.3 is 0 Å². The topological polar surface area (TPSA) is 84.9 Å². The maximum Gasteiger partial charge on any atom is 0.241 e. The van der Waals surface area contributed by atoms with Gasteiger partial charge in [0.2, 0.25) is 15.9 Å². The minimum Gasteiger partial charge on any atom is -0.496 e. The van der Waals surface area contributed by atoms with E-state index in [4.69, 9.17) is 9.47 Å². The van der Waals surface area contributed by atoms with Crippen molar-refractivity contribution in [1.29, 1.82) is 0 Å². The van der Waals surface area contributed by atoms with E-state index in [1.165, 1.54) is 0 Å². The fourth-order valence-corrected chi connectivity index (χ4v) is 4.71. The molecule has 27 heavy (non-hydrogen) atoms. The highest BCUT2D eigenvalue weighted by Crippen LogP contribution is 2.26. The van der Waals surface area contributed by atoms with Crippen molar-refractivity contribution in [1.82, 2.24) is 9.62 Å². The zero-order valence-electron chi connectivity index (χ0n) is 16.7. The lowest BCUT2D eigenvalue weighted by atomic mass is 10.0. The summed E-state index contributed by atoms with van der Waals surface area (Å²) in [4.78, 5) is 14.8. The zero-order chi connectivity index (χ0) is 20.2. The standard InChI is InChI=1S/C19H30N2O5S/c1-13(2)10-16(19(22)21-6-8-26-9-7-21)20-27(23,24)18-12-14(3)17(25-5)11-15(18)4/h11-13,16,20H,6-10H2,1-5H3/t16-/m1/s1. The molecule has 0 saturated carbocycles. The van der Waals surface area contributed by atoms with Crippen LogP contribution < -0.4 is 9.46 Å². The third-order valence-corrected chi connectivity index (χ3v) is 6.22. The largest absolute Gasteiger partial charge is 0.496 e. The van der Waals surface area contributed by atoms with Crippen molar-refractivity contribution in [2.75, 3.05) is 33.4 Å². The Morgan fingerprint density at radius 2 is 1.85 bits per heavy atom. The average molecular weight is 399 g/mol. The van der Waals surface area contributed by atoms with Gasteiger partial charge in [-0.3, -0.25) is 4.79 Å². The number of carbonyl (C=O) groups is 1. The summed E-state index contributed by atoms with van der Waals surface area (Å²) in [6.07, 6.45) is 0.434. The fourth-order valence-electron chi connectivity index (χ4n) is 3.20. The quantitative estimate of drug-likeness (QED) is 0.758. The molecule has 2 rings (SSSR count). The number of benzene rings is 1. The molecule has 1 fully saturated rings. The summed E-state index contributed by atoms with van der Waals surface area (Å²) in [6.45, 7) is 9.37. The van der Waals surface area contributed by atoms with E-state index in [1.807, 2.05) is 13.8 Å². The molecule has 1 aromatic rings. The first kappa shape index (κ1) is 21.7. The van der Waals surface area contributed by atoms with Gasteiger partial charge in [-0.1, -0.05) is 13.8 Å². The molecule has 1 N–H and O–H groups in total. The molecule has 1 heterocycles. The summed E-state index contributed by atoms with van der Waals surface area (Å²) >= 11 is 0. The van der Waals surface area contributed by atoms with Gasteiger partial charge in [-0.25, -0.2) is 8.42 Å². The van der Waals surface area contributed by atoms with E-state index in [9.17, 15) is 13.2 Å². The molecular formula is C19H30N2O5S. The molecule has 0 aromatic heterocycles. The van der Waals surface area contributed by atoms with E-state index in [0.717, 1.165) is 5.56 Å². The SMILES string of the molecule is COc1cc(C)c(S(=O)(=O)N[C@H](CC(C)C)C(=O)N2CCOCC2)cc1C. The molecule has 1 amide bonds. The zero-order valence-corrected chi connectivity index (χ0v) is 17.6. The molecule has 0 radical (unpaired) electrons. The van der Waals surface area contributed by atoms with E-state index in [-0.39, 0.29) is 16.7 Å². The highest BCUT2D eigenvalue weighted by atomic mass is 32.2. The molecule has 0 bridgehead atoms. The van der Waals surface area contributed by atoms with Crippen LogP contribution in [0.2, 0.25) is 0 Å². The summed E-state index contributed by atoms with van der Waals surface area (Å²) < 4.78 is 39.3. The van der Waals surface area contributed by atoms with Gasteiger partial charge in [0, 0.05) is 13.1 Å². The predicted octanol–water partition coefficient (Wildman–Crippen LogP) is 1.86. The third kappa shape index (κ3) is 5.43. The van der Waals surface area contributed by atoms with Crippen LogP contribution >= 0.6 is 0 Å². The Kier molecular flexibility index (Phi) is 7.25. The van der Waals surface area contributed by atoms with E-state index >= 15 is 0 Å². The number of nitrogens with one attached hydrogen (secondary N) is 1. The number of morpholine rings is 1. The lowest BCUT2D eigenvalue weighted by Crippen LogP contribution is -2.52. The Hall–Kier alpha value is -1.64. The van der Waals surface area contributed by atoms with Crippen LogP contribution in [0, 0.1) is 19.8 Å². The number of sulfonamides is 1. The summed E-state index contributed by atoms with van der Waals surface area (Å²) in [5.74, 6) is 0.606. The van der Waals surface area contributed by atoms with Gasteiger partial charge in [0.25, 0.3) is 0 Å². The van der Waals surface area contributed by atoms with Gasteiger partial charge in [0.15, 0.2) is 0 Å². The number of hydrogen-bond donors (Lipinski definition) is 1. The third-order valence-electron chi connectivity index (χ3n) is 4.61. The van der Waals surface area contributed by atoms with Crippen LogP contribution in [0.15, 0.2) is 17.0 Å². The van der Waals surface area contributed by atoms with E-state index in [1.54, 1.807) is 38.0 Å². The molecule has 1 aliphatic rings. The summed E-state index contributed by atoms with van der Waals surface area (Å²) in [5.41, 5.74) is 1.30. The predicted molar refractivity (Wildman–Crippen MR) is 103 cm³/mol. The van der Waals surface area contributed by atoms with Crippen molar-refractivity contribution < 1.29 is 22.7 Å². The van der Waals surface area contributed by atoms with Crippen LogP contribution in [0.3, 0.4) is 0 Å². The van der Waals surface area contributed by atoms with E-state index < -0.39 is 16.1 Å². The molecular weight excluding hydrogens is 368 g/mol. The van der Waals surface area contributed by atoms with Crippen molar-refractivity contribution in [2.24, 2.45) is 5.92 Å². The average Bonchev–Trinajstić information content (AvgIpc) is 2.62. The monoisotopic (exact) mass is 398 g/mol. The van der Waals surface area contributed by atoms with Gasteiger partial charge in [-0.2, -0.15) is 4.72 Å². The lowest BCUT2D eigenvalue weighted by Gasteiger charge is -2.31. The molecule has 0 aliphatic carbocycles. The number of hydrogen-bond acceptors (Lipinski definition) is 5. The van der Waals surface area contributed by atoms with Crippen LogP contribution in [0.25, 0.3) is 0 Å². The molecule has 1 atom stereocenters. The number of amides is 1. The number of aryl methyl sites for hydroxylation is 2. The normalized spacial score (nSPS) is 16.4. The van der Waals surface area contributed by atoms with E-state index in [2.05, 4.69) is 4.72 Å². The number of ether oxygens (including phenoxy) is 2.